The molecule has 0 saturated carbocycles. The highest BCUT2D eigenvalue weighted by molar-refractivity contribution is 5.69. The van der Waals surface area contributed by atoms with Gasteiger partial charge >= 0.3 is 11.9 Å². The summed E-state index contributed by atoms with van der Waals surface area (Å²) in [7, 11) is 0. The van der Waals surface area contributed by atoms with Crippen molar-refractivity contribution in [3.8, 4) is 0 Å². The molecule has 34 heavy (non-hydrogen) atoms. The van der Waals surface area contributed by atoms with E-state index >= 15 is 0 Å². The summed E-state index contributed by atoms with van der Waals surface area (Å²) in [6, 6.07) is 0. The standard InChI is InChI=1S/2C15H26O2/c2*1-14-10-8-6-4-2-3-5-7-9-11-15(16)17-13-12-14/h2*6,8,14H,2-5,7,9-13H2,1H3. The van der Waals surface area contributed by atoms with Gasteiger partial charge in [-0.15, -0.1) is 0 Å². The van der Waals surface area contributed by atoms with E-state index in [1.54, 1.807) is 0 Å². The van der Waals surface area contributed by atoms with Gasteiger partial charge in [-0.25, -0.2) is 0 Å². The molecule has 2 atom stereocenters. The molecule has 2 aliphatic heterocycles. The Balaban J connectivity index is 0.000000340. The van der Waals surface area contributed by atoms with E-state index in [2.05, 4.69) is 38.2 Å². The summed E-state index contributed by atoms with van der Waals surface area (Å²) >= 11 is 0. The van der Waals surface area contributed by atoms with Gasteiger partial charge in [0.15, 0.2) is 0 Å². The maximum atomic E-state index is 11.4. The Hall–Kier alpha value is -1.58. The van der Waals surface area contributed by atoms with Crippen molar-refractivity contribution in [3.05, 3.63) is 24.3 Å². The average Bonchev–Trinajstić information content (AvgIpc) is 2.82. The van der Waals surface area contributed by atoms with Crippen LogP contribution in [0.4, 0.5) is 0 Å². The minimum atomic E-state index is -0.0115. The Labute approximate surface area is 209 Å². The molecule has 0 amide bonds. The second kappa shape index (κ2) is 21.9. The number of hydrogen-bond acceptors (Lipinski definition) is 4. The SMILES string of the molecule is CC1CC=CCCCCCCCC(=O)OCC1.CC1CC=CCCCCCCCC(=O)OCC1. The van der Waals surface area contributed by atoms with E-state index in [4.69, 9.17) is 9.47 Å². The molecule has 0 spiro atoms. The van der Waals surface area contributed by atoms with E-state index < -0.39 is 0 Å². The van der Waals surface area contributed by atoms with Gasteiger partial charge in [0.2, 0.25) is 0 Å². The fourth-order valence-corrected chi connectivity index (χ4v) is 4.14. The van der Waals surface area contributed by atoms with Crippen LogP contribution in [0.25, 0.3) is 0 Å². The number of cyclic esters (lactones) is 2. The van der Waals surface area contributed by atoms with Crippen molar-refractivity contribution in [1.82, 2.24) is 0 Å². The predicted molar refractivity (Wildman–Crippen MR) is 142 cm³/mol. The highest BCUT2D eigenvalue weighted by atomic mass is 16.5. The van der Waals surface area contributed by atoms with Gasteiger partial charge in [0, 0.05) is 12.8 Å². The molecule has 2 heterocycles. The quantitative estimate of drug-likeness (QED) is 0.260. The van der Waals surface area contributed by atoms with Gasteiger partial charge < -0.3 is 9.47 Å². The molecule has 0 N–H and O–H groups in total. The van der Waals surface area contributed by atoms with Crippen LogP contribution in [0, 0.1) is 11.8 Å². The van der Waals surface area contributed by atoms with Crippen LogP contribution in [0.5, 0.6) is 0 Å². The lowest BCUT2D eigenvalue weighted by molar-refractivity contribution is -0.145. The zero-order valence-corrected chi connectivity index (χ0v) is 22.2. The van der Waals surface area contributed by atoms with Crippen molar-refractivity contribution in [2.45, 2.75) is 129 Å². The van der Waals surface area contributed by atoms with Gasteiger partial charge in [0.25, 0.3) is 0 Å². The van der Waals surface area contributed by atoms with E-state index in [1.807, 2.05) is 0 Å². The van der Waals surface area contributed by atoms with Crippen LogP contribution in [-0.4, -0.2) is 25.2 Å². The Morgan fingerprint density at radius 2 is 0.941 bits per heavy atom. The van der Waals surface area contributed by atoms with Crippen LogP contribution in [-0.2, 0) is 19.1 Å². The summed E-state index contributed by atoms with van der Waals surface area (Å²) in [6.45, 7) is 5.62. The summed E-state index contributed by atoms with van der Waals surface area (Å²) < 4.78 is 10.5. The number of hydrogen-bond donors (Lipinski definition) is 0. The van der Waals surface area contributed by atoms with E-state index in [1.165, 1.54) is 51.4 Å². The van der Waals surface area contributed by atoms with Gasteiger partial charge in [-0.2, -0.15) is 0 Å². The molecule has 2 rings (SSSR count). The second-order valence-corrected chi connectivity index (χ2v) is 10.3. The van der Waals surface area contributed by atoms with Gasteiger partial charge in [0.05, 0.1) is 13.2 Å². The lowest BCUT2D eigenvalue weighted by atomic mass is 10.0. The molecule has 0 aromatic heterocycles. The van der Waals surface area contributed by atoms with Gasteiger partial charge in [-0.05, 0) is 76.0 Å². The first kappa shape index (κ1) is 30.5. The first-order valence-electron chi connectivity index (χ1n) is 14.2. The minimum absolute atomic E-state index is 0.0115. The zero-order valence-electron chi connectivity index (χ0n) is 22.2. The molecular formula is C30H52O4. The largest absolute Gasteiger partial charge is 0.466 e. The third kappa shape index (κ3) is 19.9. The van der Waals surface area contributed by atoms with Crippen molar-refractivity contribution < 1.29 is 19.1 Å². The smallest absolute Gasteiger partial charge is 0.305 e. The van der Waals surface area contributed by atoms with E-state index in [0.29, 0.717) is 37.9 Å². The first-order valence-corrected chi connectivity index (χ1v) is 14.2. The van der Waals surface area contributed by atoms with Crippen LogP contribution in [0.1, 0.15) is 129 Å². The number of carbonyl (C=O) groups is 2. The molecule has 4 nitrogen and oxygen atoms in total. The Bertz CT molecular complexity index is 516. The van der Waals surface area contributed by atoms with Crippen LogP contribution in [0.2, 0.25) is 0 Å². The van der Waals surface area contributed by atoms with Gasteiger partial charge in [-0.3, -0.25) is 9.59 Å². The Morgan fingerprint density at radius 3 is 1.38 bits per heavy atom. The predicted octanol–water partition coefficient (Wildman–Crippen LogP) is 8.49. The topological polar surface area (TPSA) is 52.6 Å². The number of rotatable bonds is 0. The molecule has 0 bridgehead atoms. The number of esters is 2. The van der Waals surface area contributed by atoms with Crippen molar-refractivity contribution in [3.63, 3.8) is 0 Å². The normalized spacial score (nSPS) is 25.7. The highest BCUT2D eigenvalue weighted by Crippen LogP contribution is 2.14. The molecular weight excluding hydrogens is 424 g/mol. The Kier molecular flexibility index (Phi) is 19.6. The summed E-state index contributed by atoms with van der Waals surface area (Å²) in [6.07, 6.45) is 28.9. The lowest BCUT2D eigenvalue weighted by Gasteiger charge is -2.09. The van der Waals surface area contributed by atoms with Gasteiger partial charge in [0.1, 0.15) is 0 Å². The molecule has 4 heteroatoms. The summed E-state index contributed by atoms with van der Waals surface area (Å²) in [5.74, 6) is 1.21. The number of carbonyl (C=O) groups excluding carboxylic acids is 2. The molecule has 0 aromatic rings. The minimum Gasteiger partial charge on any atom is -0.466 e. The molecule has 0 radical (unpaired) electrons. The molecule has 0 aromatic carbocycles. The number of ether oxygens (including phenoxy) is 2. The molecule has 2 unspecified atom stereocenters. The van der Waals surface area contributed by atoms with E-state index in [0.717, 1.165) is 51.4 Å². The van der Waals surface area contributed by atoms with Crippen LogP contribution < -0.4 is 0 Å². The fraction of sp³-hybridized carbons (Fsp3) is 0.800. The summed E-state index contributed by atoms with van der Waals surface area (Å²) in [5, 5.41) is 0. The summed E-state index contributed by atoms with van der Waals surface area (Å²) in [5.41, 5.74) is 0. The third-order valence-corrected chi connectivity index (χ3v) is 6.66. The molecule has 0 saturated heterocycles. The zero-order chi connectivity index (χ0) is 24.7. The summed E-state index contributed by atoms with van der Waals surface area (Å²) in [4.78, 5) is 22.8. The third-order valence-electron chi connectivity index (χ3n) is 6.66. The maximum absolute atomic E-state index is 11.4. The van der Waals surface area contributed by atoms with Crippen molar-refractivity contribution in [2.24, 2.45) is 11.8 Å². The van der Waals surface area contributed by atoms with Gasteiger partial charge in [-0.1, -0.05) is 76.7 Å². The van der Waals surface area contributed by atoms with Crippen molar-refractivity contribution in [1.29, 1.82) is 0 Å². The van der Waals surface area contributed by atoms with Crippen LogP contribution in [0.3, 0.4) is 0 Å². The van der Waals surface area contributed by atoms with Crippen molar-refractivity contribution in [2.75, 3.05) is 13.2 Å². The molecule has 2 aliphatic rings. The molecule has 0 fully saturated rings. The first-order chi connectivity index (χ1) is 16.6. The lowest BCUT2D eigenvalue weighted by Crippen LogP contribution is -2.08. The molecule has 196 valence electrons. The highest BCUT2D eigenvalue weighted by Gasteiger charge is 2.06. The van der Waals surface area contributed by atoms with Crippen molar-refractivity contribution >= 4 is 11.9 Å². The van der Waals surface area contributed by atoms with Crippen LogP contribution >= 0.6 is 0 Å². The number of allylic oxidation sites excluding steroid dienone is 4. The fourth-order valence-electron chi connectivity index (χ4n) is 4.14. The van der Waals surface area contributed by atoms with Crippen LogP contribution in [0.15, 0.2) is 24.3 Å². The van der Waals surface area contributed by atoms with E-state index in [-0.39, 0.29) is 11.9 Å². The average molecular weight is 477 g/mol. The Morgan fingerprint density at radius 1 is 0.559 bits per heavy atom. The van der Waals surface area contributed by atoms with E-state index in [9.17, 15) is 9.59 Å². The molecule has 0 aliphatic carbocycles. The second-order valence-electron chi connectivity index (χ2n) is 10.3. The monoisotopic (exact) mass is 476 g/mol. The maximum Gasteiger partial charge on any atom is 0.305 e.